The molecule has 148 valence electrons. The lowest BCUT2D eigenvalue weighted by Crippen LogP contribution is -2.26. The summed E-state index contributed by atoms with van der Waals surface area (Å²) in [4.78, 5) is 23.0. The van der Waals surface area contributed by atoms with Gasteiger partial charge in [-0.15, -0.1) is 0 Å². The van der Waals surface area contributed by atoms with Gasteiger partial charge >= 0.3 is 0 Å². The van der Waals surface area contributed by atoms with Crippen LogP contribution in [0.5, 0.6) is 11.5 Å². The first kappa shape index (κ1) is 19.2. The Hall–Kier alpha value is -3.56. The lowest BCUT2D eigenvalue weighted by molar-refractivity contribution is -0.393. The molecule has 0 aromatic heterocycles. The molecular formula is C18H20N4O6. The van der Waals surface area contributed by atoms with Crippen molar-refractivity contribution in [2.45, 2.75) is 12.5 Å². The van der Waals surface area contributed by atoms with Crippen LogP contribution in [0.4, 0.5) is 22.7 Å². The number of nitro benzene ring substituents is 2. The van der Waals surface area contributed by atoms with E-state index < -0.39 is 9.85 Å². The molecule has 28 heavy (non-hydrogen) atoms. The maximum Gasteiger partial charge on any atom is 0.299 e. The van der Waals surface area contributed by atoms with Gasteiger partial charge in [-0.25, -0.2) is 0 Å². The molecule has 1 aliphatic heterocycles. The third kappa shape index (κ3) is 4.05. The molecule has 10 heteroatoms. The number of rotatable bonds is 7. The predicted octanol–water partition coefficient (Wildman–Crippen LogP) is 3.21. The number of methoxy groups -OCH3 is 2. The van der Waals surface area contributed by atoms with Crippen molar-refractivity contribution < 1.29 is 19.3 Å². The first-order chi connectivity index (χ1) is 13.4. The Morgan fingerprint density at radius 2 is 1.71 bits per heavy atom. The van der Waals surface area contributed by atoms with Gasteiger partial charge in [0.2, 0.25) is 0 Å². The van der Waals surface area contributed by atoms with E-state index in [2.05, 4.69) is 10.2 Å². The number of benzene rings is 2. The third-order valence-electron chi connectivity index (χ3n) is 4.64. The summed E-state index contributed by atoms with van der Waals surface area (Å²) in [6.45, 7) is 1.36. The highest BCUT2D eigenvalue weighted by Gasteiger charge is 2.27. The maximum absolute atomic E-state index is 11.3. The molecule has 1 unspecified atom stereocenters. The minimum Gasteiger partial charge on any atom is -0.497 e. The molecule has 0 aliphatic carbocycles. The summed E-state index contributed by atoms with van der Waals surface area (Å²) in [6.07, 6.45) is 0.758. The number of nitro groups is 2. The molecule has 1 saturated heterocycles. The van der Waals surface area contributed by atoms with E-state index in [1.54, 1.807) is 20.3 Å². The van der Waals surface area contributed by atoms with Crippen LogP contribution in [0.15, 0.2) is 36.4 Å². The molecule has 1 N–H and O–H groups in total. The summed E-state index contributed by atoms with van der Waals surface area (Å²) in [5.41, 5.74) is 0.578. The second-order valence-electron chi connectivity index (χ2n) is 6.36. The van der Waals surface area contributed by atoms with Crippen molar-refractivity contribution in [1.29, 1.82) is 0 Å². The van der Waals surface area contributed by atoms with Crippen LogP contribution in [-0.4, -0.2) is 43.2 Å². The zero-order valence-corrected chi connectivity index (χ0v) is 15.5. The molecule has 3 rings (SSSR count). The van der Waals surface area contributed by atoms with Crippen molar-refractivity contribution in [1.82, 2.24) is 0 Å². The molecule has 2 aromatic rings. The molecule has 0 spiro atoms. The van der Waals surface area contributed by atoms with Gasteiger partial charge in [-0.05, 0) is 12.5 Å². The Balaban J connectivity index is 1.77. The third-order valence-corrected chi connectivity index (χ3v) is 4.64. The number of nitrogens with zero attached hydrogens (tertiary/aromatic N) is 3. The van der Waals surface area contributed by atoms with Crippen LogP contribution in [0.2, 0.25) is 0 Å². The second-order valence-corrected chi connectivity index (χ2v) is 6.36. The Bertz CT molecular complexity index is 881. The van der Waals surface area contributed by atoms with Crippen molar-refractivity contribution >= 4 is 22.7 Å². The summed E-state index contributed by atoms with van der Waals surface area (Å²) in [5, 5.41) is 25.3. The highest BCUT2D eigenvalue weighted by Crippen LogP contribution is 2.33. The normalized spacial score (nSPS) is 15.9. The van der Waals surface area contributed by atoms with Crippen LogP contribution < -0.4 is 19.7 Å². The predicted molar refractivity (Wildman–Crippen MR) is 104 cm³/mol. The maximum atomic E-state index is 11.3. The van der Waals surface area contributed by atoms with E-state index in [0.717, 1.165) is 24.7 Å². The topological polar surface area (TPSA) is 120 Å². The van der Waals surface area contributed by atoms with E-state index in [4.69, 9.17) is 9.47 Å². The number of nitrogens with one attached hydrogen (secondary N) is 1. The monoisotopic (exact) mass is 388 g/mol. The molecule has 1 heterocycles. The van der Waals surface area contributed by atoms with E-state index in [-0.39, 0.29) is 23.1 Å². The standard InChI is InChI=1S/C18H20N4O6/c1-27-15-7-14(8-16(10-15)28-2)20-6-5-12(11-20)19-17-4-3-13(21(23)24)9-18(17)22(25)26/h3-4,7-10,12,19H,5-6,11H2,1-2H3. The fraction of sp³-hybridized carbons (Fsp3) is 0.333. The number of ether oxygens (including phenoxy) is 2. The zero-order chi connectivity index (χ0) is 20.3. The zero-order valence-electron chi connectivity index (χ0n) is 15.5. The minimum atomic E-state index is -0.649. The van der Waals surface area contributed by atoms with Crippen LogP contribution in [0.3, 0.4) is 0 Å². The lowest BCUT2D eigenvalue weighted by Gasteiger charge is -2.21. The van der Waals surface area contributed by atoms with Gasteiger partial charge in [0.05, 0.1) is 30.1 Å². The molecule has 10 nitrogen and oxygen atoms in total. The summed E-state index contributed by atoms with van der Waals surface area (Å²) in [6, 6.07) is 9.16. The van der Waals surface area contributed by atoms with Gasteiger partial charge in [0.15, 0.2) is 0 Å². The quantitative estimate of drug-likeness (QED) is 0.567. The van der Waals surface area contributed by atoms with E-state index in [1.165, 1.54) is 12.1 Å². The summed E-state index contributed by atoms with van der Waals surface area (Å²) in [5.74, 6) is 1.36. The minimum absolute atomic E-state index is 0.0441. The van der Waals surface area contributed by atoms with Gasteiger partial charge < -0.3 is 19.7 Å². The van der Waals surface area contributed by atoms with Crippen molar-refractivity contribution in [3.05, 3.63) is 56.6 Å². The van der Waals surface area contributed by atoms with Gasteiger partial charge in [0, 0.05) is 49.1 Å². The van der Waals surface area contributed by atoms with Crippen molar-refractivity contribution in [2.24, 2.45) is 0 Å². The molecule has 1 fully saturated rings. The van der Waals surface area contributed by atoms with Crippen LogP contribution in [-0.2, 0) is 0 Å². The van der Waals surface area contributed by atoms with E-state index in [0.29, 0.717) is 18.0 Å². The Morgan fingerprint density at radius 3 is 2.29 bits per heavy atom. The molecule has 1 aliphatic rings. The summed E-state index contributed by atoms with van der Waals surface area (Å²) < 4.78 is 10.6. The van der Waals surface area contributed by atoms with Crippen LogP contribution >= 0.6 is 0 Å². The second kappa shape index (κ2) is 7.99. The van der Waals surface area contributed by atoms with Gasteiger partial charge in [-0.1, -0.05) is 0 Å². The largest absolute Gasteiger partial charge is 0.497 e. The van der Waals surface area contributed by atoms with E-state index in [9.17, 15) is 20.2 Å². The molecule has 2 aromatic carbocycles. The molecule has 0 radical (unpaired) electrons. The van der Waals surface area contributed by atoms with Gasteiger partial charge in [-0.3, -0.25) is 20.2 Å². The van der Waals surface area contributed by atoms with Crippen LogP contribution in [0.25, 0.3) is 0 Å². The Labute approximate surface area is 161 Å². The van der Waals surface area contributed by atoms with Gasteiger partial charge in [0.1, 0.15) is 17.2 Å². The van der Waals surface area contributed by atoms with Crippen molar-refractivity contribution in [3.63, 3.8) is 0 Å². The fourth-order valence-corrected chi connectivity index (χ4v) is 3.21. The smallest absolute Gasteiger partial charge is 0.299 e. The van der Waals surface area contributed by atoms with E-state index in [1.807, 2.05) is 12.1 Å². The average Bonchev–Trinajstić information content (AvgIpc) is 3.16. The fourth-order valence-electron chi connectivity index (χ4n) is 3.21. The van der Waals surface area contributed by atoms with Gasteiger partial charge in [-0.2, -0.15) is 0 Å². The van der Waals surface area contributed by atoms with Gasteiger partial charge in [0.25, 0.3) is 11.4 Å². The summed E-state index contributed by atoms with van der Waals surface area (Å²) >= 11 is 0. The average molecular weight is 388 g/mol. The van der Waals surface area contributed by atoms with Crippen LogP contribution in [0, 0.1) is 20.2 Å². The highest BCUT2D eigenvalue weighted by atomic mass is 16.6. The first-order valence-corrected chi connectivity index (χ1v) is 8.58. The molecule has 0 amide bonds. The number of non-ortho nitro benzene ring substituents is 1. The molecule has 1 atom stereocenters. The van der Waals surface area contributed by atoms with E-state index >= 15 is 0 Å². The Kier molecular flexibility index (Phi) is 5.48. The lowest BCUT2D eigenvalue weighted by atomic mass is 10.2. The van der Waals surface area contributed by atoms with Crippen molar-refractivity contribution in [2.75, 3.05) is 37.5 Å². The number of anilines is 2. The van der Waals surface area contributed by atoms with Crippen LogP contribution in [0.1, 0.15) is 6.42 Å². The van der Waals surface area contributed by atoms with Crippen molar-refractivity contribution in [3.8, 4) is 11.5 Å². The Morgan fingerprint density at radius 1 is 1.04 bits per heavy atom. The first-order valence-electron chi connectivity index (χ1n) is 8.58. The summed E-state index contributed by atoms with van der Waals surface area (Å²) in [7, 11) is 3.17. The number of hydrogen-bond donors (Lipinski definition) is 1. The SMILES string of the molecule is COc1cc(OC)cc(N2CCC(Nc3ccc([N+](=O)[O-])cc3[N+](=O)[O-])C2)c1. The number of hydrogen-bond acceptors (Lipinski definition) is 8. The molecular weight excluding hydrogens is 368 g/mol. The molecule has 0 bridgehead atoms. The highest BCUT2D eigenvalue weighted by molar-refractivity contribution is 5.66. The molecule has 0 saturated carbocycles.